The van der Waals surface area contributed by atoms with Gasteiger partial charge in [-0.25, -0.2) is 0 Å². The molecule has 0 aliphatic rings. The summed E-state index contributed by atoms with van der Waals surface area (Å²) < 4.78 is 10.7. The summed E-state index contributed by atoms with van der Waals surface area (Å²) in [6, 6.07) is 2.73. The van der Waals surface area contributed by atoms with Gasteiger partial charge in [-0.3, -0.25) is 9.59 Å². The van der Waals surface area contributed by atoms with Gasteiger partial charge >= 0.3 is 11.9 Å². The van der Waals surface area contributed by atoms with Crippen LogP contribution in [-0.4, -0.2) is 38.1 Å². The fraction of sp³-hybridized carbons (Fsp3) is 0.875. The predicted molar refractivity (Wildman–Crippen MR) is 89.0 cm³/mol. The molecule has 0 aliphatic carbocycles. The molecule has 0 amide bonds. The lowest BCUT2D eigenvalue weighted by atomic mass is 10.2. The Morgan fingerprint density at radius 2 is 1.45 bits per heavy atom. The maximum atomic E-state index is 12.1. The summed E-state index contributed by atoms with van der Waals surface area (Å²) in [6.07, 6.45) is 1.87. The number of carbonyl (C=O) groups excluding carboxylic acids is 2. The molecule has 0 aromatic heterocycles. The molecule has 0 heterocycles. The molecule has 0 saturated heterocycles. The van der Waals surface area contributed by atoms with Crippen molar-refractivity contribution in [3.63, 3.8) is 0 Å². The van der Waals surface area contributed by atoms with Gasteiger partial charge < -0.3 is 14.3 Å². The molecule has 0 radical (unpaired) electrons. The molecule has 0 rings (SSSR count). The molecule has 0 aliphatic heterocycles. The van der Waals surface area contributed by atoms with Gasteiger partial charge in [0.15, 0.2) is 6.10 Å². The molecule has 1 atom stereocenters. The van der Waals surface area contributed by atoms with E-state index in [4.69, 9.17) is 9.16 Å². The van der Waals surface area contributed by atoms with Crippen LogP contribution in [-0.2, 0) is 18.8 Å². The third-order valence-corrected chi connectivity index (χ3v) is 8.40. The number of rotatable bonds is 12. The molecule has 0 aromatic rings. The van der Waals surface area contributed by atoms with Crippen molar-refractivity contribution in [2.75, 3.05) is 6.61 Å². The van der Waals surface area contributed by atoms with Crippen LogP contribution < -0.4 is 0 Å². The minimum atomic E-state index is -2.16. The maximum Gasteiger partial charge on any atom is 0.322 e. The average molecular weight is 333 g/mol. The minimum Gasteiger partial charge on any atom is -0.517 e. The Labute approximate surface area is 135 Å². The van der Waals surface area contributed by atoms with Gasteiger partial charge in [-0.15, -0.1) is 0 Å². The lowest BCUT2D eigenvalue weighted by molar-refractivity contribution is -0.154. The second kappa shape index (κ2) is 11.7. The Bertz CT molecular complexity index is 315. The van der Waals surface area contributed by atoms with Crippen molar-refractivity contribution in [1.82, 2.24) is 0 Å². The zero-order valence-electron chi connectivity index (χ0n) is 14.5. The van der Waals surface area contributed by atoms with Crippen molar-refractivity contribution in [2.24, 2.45) is 0 Å². The number of aliphatic hydroxyl groups is 1. The fourth-order valence-corrected chi connectivity index (χ4v) is 7.05. The zero-order valence-corrected chi connectivity index (χ0v) is 15.5. The van der Waals surface area contributed by atoms with Gasteiger partial charge in [0.25, 0.3) is 8.32 Å². The molecule has 22 heavy (non-hydrogen) atoms. The largest absolute Gasteiger partial charge is 0.517 e. The van der Waals surface area contributed by atoms with Crippen LogP contribution in [0, 0.1) is 0 Å². The average Bonchev–Trinajstić information content (AvgIpc) is 2.45. The normalized spacial score (nSPS) is 12.8. The molecule has 0 spiro atoms. The van der Waals surface area contributed by atoms with Crippen molar-refractivity contribution in [3.05, 3.63) is 0 Å². The molecule has 0 bridgehead atoms. The van der Waals surface area contributed by atoms with E-state index in [9.17, 15) is 14.7 Å². The van der Waals surface area contributed by atoms with Crippen LogP contribution in [0.25, 0.3) is 0 Å². The smallest absolute Gasteiger partial charge is 0.322 e. The highest BCUT2D eigenvalue weighted by Gasteiger charge is 2.37. The Morgan fingerprint density at radius 1 is 0.955 bits per heavy atom. The van der Waals surface area contributed by atoms with Gasteiger partial charge in [-0.2, -0.15) is 0 Å². The van der Waals surface area contributed by atoms with Gasteiger partial charge in [-0.1, -0.05) is 47.0 Å². The van der Waals surface area contributed by atoms with Crippen molar-refractivity contribution in [2.45, 2.75) is 84.0 Å². The highest BCUT2D eigenvalue weighted by atomic mass is 28.4. The summed E-state index contributed by atoms with van der Waals surface area (Å²) in [5.74, 6) is -1.21. The van der Waals surface area contributed by atoms with Gasteiger partial charge in [0, 0.05) is 0 Å². The van der Waals surface area contributed by atoms with E-state index in [0.29, 0.717) is 13.0 Å². The second-order valence-electron chi connectivity index (χ2n) is 5.79. The summed E-state index contributed by atoms with van der Waals surface area (Å²) in [7, 11) is -2.16. The van der Waals surface area contributed by atoms with Crippen molar-refractivity contribution in [1.29, 1.82) is 0 Å². The summed E-state index contributed by atoms with van der Waals surface area (Å²) in [6.45, 7) is 8.44. The number of ether oxygens (including phenoxy) is 1. The van der Waals surface area contributed by atoms with Crippen LogP contribution >= 0.6 is 0 Å². The predicted octanol–water partition coefficient (Wildman–Crippen LogP) is 3.41. The molecule has 1 N–H and O–H groups in total. The fourth-order valence-electron chi connectivity index (χ4n) is 2.69. The highest BCUT2D eigenvalue weighted by molar-refractivity contribution is 6.75. The van der Waals surface area contributed by atoms with E-state index >= 15 is 0 Å². The van der Waals surface area contributed by atoms with E-state index in [0.717, 1.165) is 37.4 Å². The first-order chi connectivity index (χ1) is 10.4. The third-order valence-electron chi connectivity index (χ3n) is 3.53. The SMILES string of the molecule is CCCOC(=O)CC(O)C(=O)O[Si](CCC)(CCC)CCC. The number of hydrogen-bond donors (Lipinski definition) is 1. The van der Waals surface area contributed by atoms with Crippen LogP contribution in [0.5, 0.6) is 0 Å². The molecule has 0 aromatic carbocycles. The molecule has 5 nitrogen and oxygen atoms in total. The van der Waals surface area contributed by atoms with E-state index in [1.54, 1.807) is 0 Å². The highest BCUT2D eigenvalue weighted by Crippen LogP contribution is 2.28. The van der Waals surface area contributed by atoms with E-state index in [2.05, 4.69) is 20.8 Å². The molecule has 1 unspecified atom stereocenters. The van der Waals surface area contributed by atoms with Crippen LogP contribution in [0.15, 0.2) is 0 Å². The summed E-state index contributed by atoms with van der Waals surface area (Å²) >= 11 is 0. The summed E-state index contributed by atoms with van der Waals surface area (Å²) in [5, 5.41) is 9.90. The van der Waals surface area contributed by atoms with Gasteiger partial charge in [0.2, 0.25) is 0 Å². The van der Waals surface area contributed by atoms with Crippen LogP contribution in [0.4, 0.5) is 0 Å². The standard InChI is InChI=1S/C16H32O5Si/c1-5-9-20-15(18)13-14(17)16(19)21-22(10-6-2,11-7-3)12-8-4/h14,17H,5-13H2,1-4H3. The second-order valence-corrected chi connectivity index (χ2v) is 9.86. The van der Waals surface area contributed by atoms with E-state index in [1.807, 2.05) is 6.92 Å². The molecular formula is C16H32O5Si. The number of carbonyl (C=O) groups is 2. The molecular weight excluding hydrogens is 300 g/mol. The zero-order chi connectivity index (χ0) is 17.0. The first kappa shape index (κ1) is 21.1. The van der Waals surface area contributed by atoms with Gasteiger partial charge in [-0.05, 0) is 24.6 Å². The lowest BCUT2D eigenvalue weighted by Crippen LogP contribution is -2.43. The quantitative estimate of drug-likeness (QED) is 0.438. The van der Waals surface area contributed by atoms with Gasteiger partial charge in [0.05, 0.1) is 13.0 Å². The molecule has 6 heteroatoms. The maximum absolute atomic E-state index is 12.1. The monoisotopic (exact) mass is 332 g/mol. The van der Waals surface area contributed by atoms with E-state index in [-0.39, 0.29) is 6.42 Å². The Hall–Kier alpha value is -0.883. The van der Waals surface area contributed by atoms with Crippen LogP contribution in [0.3, 0.4) is 0 Å². The van der Waals surface area contributed by atoms with Crippen molar-refractivity contribution in [3.8, 4) is 0 Å². The summed E-state index contributed by atoms with van der Waals surface area (Å²) in [4.78, 5) is 23.6. The Morgan fingerprint density at radius 3 is 1.86 bits per heavy atom. The minimum absolute atomic E-state index is 0.306. The lowest BCUT2D eigenvalue weighted by Gasteiger charge is -2.31. The first-order valence-electron chi connectivity index (χ1n) is 8.51. The topological polar surface area (TPSA) is 72.8 Å². The number of aliphatic hydroxyl groups excluding tert-OH is 1. The first-order valence-corrected chi connectivity index (χ1v) is 11.0. The van der Waals surface area contributed by atoms with E-state index < -0.39 is 26.4 Å². The third kappa shape index (κ3) is 7.94. The molecule has 130 valence electrons. The van der Waals surface area contributed by atoms with Gasteiger partial charge in [0.1, 0.15) is 0 Å². The van der Waals surface area contributed by atoms with Crippen molar-refractivity contribution < 1.29 is 23.9 Å². The Balaban J connectivity index is 4.68. The number of esters is 1. The van der Waals surface area contributed by atoms with E-state index in [1.165, 1.54) is 0 Å². The van der Waals surface area contributed by atoms with Crippen LogP contribution in [0.1, 0.15) is 59.8 Å². The van der Waals surface area contributed by atoms with Crippen molar-refractivity contribution >= 4 is 20.3 Å². The molecule has 0 fully saturated rings. The number of hydrogen-bond acceptors (Lipinski definition) is 5. The summed E-state index contributed by atoms with van der Waals surface area (Å²) in [5.41, 5.74) is 0. The Kier molecular flexibility index (Phi) is 11.2. The van der Waals surface area contributed by atoms with Crippen LogP contribution in [0.2, 0.25) is 18.1 Å². The molecule has 0 saturated carbocycles.